The standard InChI is InChI=1S/C13H20N2O2/c1-11(15(2)3)9-14-13(16)17-10-12-7-5-4-6-8-12/h4-8,11H,9-10H2,1-3H3,(H,14,16)/t11-/m1/s1. The lowest BCUT2D eigenvalue weighted by atomic mass is 10.2. The Morgan fingerprint density at radius 1 is 1.35 bits per heavy atom. The van der Waals surface area contributed by atoms with Gasteiger partial charge in [0.25, 0.3) is 0 Å². The van der Waals surface area contributed by atoms with Gasteiger partial charge in [0.1, 0.15) is 6.61 Å². The second-order valence-corrected chi connectivity index (χ2v) is 4.26. The Kier molecular flexibility index (Phi) is 5.49. The maximum absolute atomic E-state index is 11.4. The summed E-state index contributed by atoms with van der Waals surface area (Å²) in [6.45, 7) is 2.93. The smallest absolute Gasteiger partial charge is 0.407 e. The molecule has 0 fully saturated rings. The number of carbonyl (C=O) groups is 1. The highest BCUT2D eigenvalue weighted by atomic mass is 16.5. The number of nitrogens with zero attached hydrogens (tertiary/aromatic N) is 1. The van der Waals surface area contributed by atoms with Crippen LogP contribution in [-0.2, 0) is 11.3 Å². The summed E-state index contributed by atoms with van der Waals surface area (Å²) in [5.41, 5.74) is 0.989. The van der Waals surface area contributed by atoms with Gasteiger partial charge in [0.2, 0.25) is 0 Å². The van der Waals surface area contributed by atoms with E-state index in [2.05, 4.69) is 5.32 Å². The third kappa shape index (κ3) is 5.36. The summed E-state index contributed by atoms with van der Waals surface area (Å²) in [6.07, 6.45) is -0.373. The third-order valence-corrected chi connectivity index (χ3v) is 2.64. The van der Waals surface area contributed by atoms with Gasteiger partial charge in [0.15, 0.2) is 0 Å². The highest BCUT2D eigenvalue weighted by molar-refractivity contribution is 5.67. The van der Waals surface area contributed by atoms with Crippen molar-refractivity contribution in [3.8, 4) is 0 Å². The number of rotatable bonds is 5. The summed E-state index contributed by atoms with van der Waals surface area (Å²) in [4.78, 5) is 13.4. The molecule has 0 heterocycles. The van der Waals surface area contributed by atoms with E-state index in [0.29, 0.717) is 19.2 Å². The Morgan fingerprint density at radius 3 is 2.59 bits per heavy atom. The number of nitrogens with one attached hydrogen (secondary N) is 1. The van der Waals surface area contributed by atoms with Crippen molar-refractivity contribution in [3.05, 3.63) is 35.9 Å². The van der Waals surface area contributed by atoms with Gasteiger partial charge < -0.3 is 15.0 Å². The molecule has 0 aliphatic carbocycles. The minimum Gasteiger partial charge on any atom is -0.445 e. The Hall–Kier alpha value is -1.55. The zero-order chi connectivity index (χ0) is 12.7. The summed E-state index contributed by atoms with van der Waals surface area (Å²) in [7, 11) is 3.95. The lowest BCUT2D eigenvalue weighted by Crippen LogP contribution is -2.38. The van der Waals surface area contributed by atoms with Crippen molar-refractivity contribution >= 4 is 6.09 Å². The fourth-order valence-electron chi connectivity index (χ4n) is 1.19. The van der Waals surface area contributed by atoms with Crippen LogP contribution in [0.1, 0.15) is 12.5 Å². The van der Waals surface area contributed by atoms with Crippen molar-refractivity contribution in [2.24, 2.45) is 0 Å². The molecule has 0 bridgehead atoms. The van der Waals surface area contributed by atoms with Crippen LogP contribution in [0.15, 0.2) is 30.3 Å². The molecule has 1 aromatic carbocycles. The van der Waals surface area contributed by atoms with Gasteiger partial charge >= 0.3 is 6.09 Å². The Morgan fingerprint density at radius 2 is 2.00 bits per heavy atom. The molecule has 1 atom stereocenters. The second-order valence-electron chi connectivity index (χ2n) is 4.26. The normalized spacial score (nSPS) is 12.2. The number of benzene rings is 1. The van der Waals surface area contributed by atoms with Gasteiger partial charge in [0, 0.05) is 12.6 Å². The molecule has 94 valence electrons. The topological polar surface area (TPSA) is 41.6 Å². The predicted octanol–water partition coefficient (Wildman–Crippen LogP) is 1.86. The Labute approximate surface area is 103 Å². The van der Waals surface area contributed by atoms with E-state index in [4.69, 9.17) is 4.74 Å². The van der Waals surface area contributed by atoms with E-state index in [1.54, 1.807) is 0 Å². The molecule has 0 saturated carbocycles. The first kappa shape index (κ1) is 13.5. The quantitative estimate of drug-likeness (QED) is 0.848. The van der Waals surface area contributed by atoms with Gasteiger partial charge in [0.05, 0.1) is 0 Å². The molecule has 0 aliphatic rings. The molecule has 0 unspecified atom stereocenters. The second kappa shape index (κ2) is 6.91. The first-order valence-electron chi connectivity index (χ1n) is 5.70. The van der Waals surface area contributed by atoms with Gasteiger partial charge in [-0.15, -0.1) is 0 Å². The fourth-order valence-corrected chi connectivity index (χ4v) is 1.19. The van der Waals surface area contributed by atoms with Crippen molar-refractivity contribution < 1.29 is 9.53 Å². The van der Waals surface area contributed by atoms with Crippen molar-refractivity contribution in [2.75, 3.05) is 20.6 Å². The zero-order valence-corrected chi connectivity index (χ0v) is 10.6. The molecular weight excluding hydrogens is 216 g/mol. The van der Waals surface area contributed by atoms with Crippen LogP contribution in [0.3, 0.4) is 0 Å². The molecule has 1 rings (SSSR count). The van der Waals surface area contributed by atoms with Crippen molar-refractivity contribution in [3.63, 3.8) is 0 Å². The average Bonchev–Trinajstić information content (AvgIpc) is 2.34. The largest absolute Gasteiger partial charge is 0.445 e. The van der Waals surface area contributed by atoms with E-state index in [9.17, 15) is 4.79 Å². The number of hydrogen-bond donors (Lipinski definition) is 1. The van der Waals surface area contributed by atoms with Gasteiger partial charge in [-0.25, -0.2) is 4.79 Å². The molecule has 0 radical (unpaired) electrons. The molecular formula is C13H20N2O2. The molecule has 1 amide bonds. The summed E-state index contributed by atoms with van der Waals surface area (Å²) in [5, 5.41) is 2.73. The molecule has 4 nitrogen and oxygen atoms in total. The fraction of sp³-hybridized carbons (Fsp3) is 0.462. The maximum Gasteiger partial charge on any atom is 0.407 e. The highest BCUT2D eigenvalue weighted by Crippen LogP contribution is 2.00. The zero-order valence-electron chi connectivity index (χ0n) is 10.6. The monoisotopic (exact) mass is 236 g/mol. The summed E-state index contributed by atoms with van der Waals surface area (Å²) < 4.78 is 5.09. The van der Waals surface area contributed by atoms with E-state index in [-0.39, 0.29) is 6.09 Å². The number of likely N-dealkylation sites (N-methyl/N-ethyl adjacent to an activating group) is 1. The molecule has 0 spiro atoms. The van der Waals surface area contributed by atoms with Crippen LogP contribution in [0.25, 0.3) is 0 Å². The van der Waals surface area contributed by atoms with Crippen molar-refractivity contribution in [2.45, 2.75) is 19.6 Å². The lowest BCUT2D eigenvalue weighted by Gasteiger charge is -2.19. The van der Waals surface area contributed by atoms with Crippen LogP contribution in [0.4, 0.5) is 4.79 Å². The van der Waals surface area contributed by atoms with Crippen LogP contribution in [-0.4, -0.2) is 37.7 Å². The first-order valence-corrected chi connectivity index (χ1v) is 5.70. The van der Waals surface area contributed by atoms with E-state index < -0.39 is 0 Å². The summed E-state index contributed by atoms with van der Waals surface area (Å²) in [5.74, 6) is 0. The molecule has 0 aliphatic heterocycles. The number of ether oxygens (including phenoxy) is 1. The van der Waals surface area contributed by atoms with Crippen LogP contribution < -0.4 is 5.32 Å². The predicted molar refractivity (Wildman–Crippen MR) is 67.8 cm³/mol. The minimum absolute atomic E-state index is 0.291. The van der Waals surface area contributed by atoms with Crippen LogP contribution in [0.2, 0.25) is 0 Å². The van der Waals surface area contributed by atoms with Crippen LogP contribution >= 0.6 is 0 Å². The summed E-state index contributed by atoms with van der Waals surface area (Å²) in [6, 6.07) is 9.92. The third-order valence-electron chi connectivity index (χ3n) is 2.64. The number of amides is 1. The number of alkyl carbamates (subject to hydrolysis) is 1. The van der Waals surface area contributed by atoms with Gasteiger partial charge in [-0.05, 0) is 26.6 Å². The highest BCUT2D eigenvalue weighted by Gasteiger charge is 2.07. The first-order chi connectivity index (χ1) is 8.09. The number of hydrogen-bond acceptors (Lipinski definition) is 3. The van der Waals surface area contributed by atoms with Gasteiger partial charge in [-0.2, -0.15) is 0 Å². The molecule has 17 heavy (non-hydrogen) atoms. The van der Waals surface area contributed by atoms with Crippen molar-refractivity contribution in [1.82, 2.24) is 10.2 Å². The molecule has 0 aromatic heterocycles. The lowest BCUT2D eigenvalue weighted by molar-refractivity contribution is 0.136. The van der Waals surface area contributed by atoms with Gasteiger partial charge in [-0.1, -0.05) is 30.3 Å². The summed E-state index contributed by atoms with van der Waals surface area (Å²) >= 11 is 0. The minimum atomic E-state index is -0.373. The molecule has 4 heteroatoms. The van der Waals surface area contributed by atoms with Crippen LogP contribution in [0, 0.1) is 0 Å². The Balaban J connectivity index is 2.22. The molecule has 0 saturated heterocycles. The maximum atomic E-state index is 11.4. The Bertz CT molecular complexity index is 339. The van der Waals surface area contributed by atoms with Gasteiger partial charge in [-0.3, -0.25) is 0 Å². The number of carbonyl (C=O) groups excluding carboxylic acids is 1. The molecule has 1 aromatic rings. The van der Waals surface area contributed by atoms with Crippen LogP contribution in [0.5, 0.6) is 0 Å². The van der Waals surface area contributed by atoms with E-state index >= 15 is 0 Å². The van der Waals surface area contributed by atoms with E-state index in [1.165, 1.54) is 0 Å². The van der Waals surface area contributed by atoms with E-state index in [0.717, 1.165) is 5.56 Å². The SMILES string of the molecule is C[C@H](CNC(=O)OCc1ccccc1)N(C)C. The van der Waals surface area contributed by atoms with Crippen molar-refractivity contribution in [1.29, 1.82) is 0 Å². The average molecular weight is 236 g/mol. The molecule has 1 N–H and O–H groups in total. The van der Waals surface area contributed by atoms with E-state index in [1.807, 2.05) is 56.3 Å².